The third kappa shape index (κ3) is 5.70. The number of rotatable bonds is 7. The fourth-order valence-electron chi connectivity index (χ4n) is 5.75. The van der Waals surface area contributed by atoms with Gasteiger partial charge < -0.3 is 4.74 Å². The third-order valence-electron chi connectivity index (χ3n) is 7.62. The maximum absolute atomic E-state index is 14.4. The van der Waals surface area contributed by atoms with Crippen LogP contribution in [-0.4, -0.2) is 6.61 Å². The number of halogens is 4. The first-order valence-corrected chi connectivity index (χ1v) is 11.8. The molecule has 0 aromatic heterocycles. The zero-order valence-corrected chi connectivity index (χ0v) is 18.4. The quantitative estimate of drug-likeness (QED) is 0.398. The monoisotopic (exact) mass is 428 g/mol. The van der Waals surface area contributed by atoms with E-state index in [0.29, 0.717) is 12.3 Å². The summed E-state index contributed by atoms with van der Waals surface area (Å²) in [5.74, 6) is 1.43. The first-order valence-electron chi connectivity index (χ1n) is 11.8. The second-order valence-electron chi connectivity index (χ2n) is 9.35. The van der Waals surface area contributed by atoms with E-state index in [4.69, 9.17) is 4.74 Å². The summed E-state index contributed by atoms with van der Waals surface area (Å²) in [6, 6.07) is 2.74. The lowest BCUT2D eigenvalue weighted by Crippen LogP contribution is -2.26. The maximum atomic E-state index is 14.4. The topological polar surface area (TPSA) is 9.23 Å². The largest absolute Gasteiger partial charge is 0.491 e. The molecule has 0 bridgehead atoms. The molecule has 30 heavy (non-hydrogen) atoms. The van der Waals surface area contributed by atoms with Gasteiger partial charge in [0.05, 0.1) is 12.2 Å². The van der Waals surface area contributed by atoms with Gasteiger partial charge >= 0.3 is 6.18 Å². The molecular formula is C25H36F4O. The van der Waals surface area contributed by atoms with Crippen molar-refractivity contribution in [2.45, 2.75) is 90.7 Å². The summed E-state index contributed by atoms with van der Waals surface area (Å²) in [6.45, 7) is 4.06. The first-order chi connectivity index (χ1) is 14.3. The van der Waals surface area contributed by atoms with Gasteiger partial charge in [0.15, 0.2) is 11.6 Å². The molecule has 2 aliphatic carbocycles. The van der Waals surface area contributed by atoms with E-state index in [1.54, 1.807) is 6.92 Å². The second kappa shape index (κ2) is 10.4. The molecule has 2 saturated carbocycles. The Morgan fingerprint density at radius 3 is 1.93 bits per heavy atom. The van der Waals surface area contributed by atoms with E-state index in [0.717, 1.165) is 30.6 Å². The molecule has 0 atom stereocenters. The molecule has 1 nitrogen and oxygen atoms in total. The Hall–Kier alpha value is -1.26. The molecule has 170 valence electrons. The smallest absolute Gasteiger partial charge is 0.419 e. The van der Waals surface area contributed by atoms with Crippen molar-refractivity contribution in [3.8, 4) is 5.75 Å². The SMILES string of the molecule is CCOc1ccc(CCC2CCC(C3CCC(CC)CC3)CC2)c(C(F)(F)F)c1F. The zero-order valence-electron chi connectivity index (χ0n) is 18.4. The molecule has 0 unspecified atom stereocenters. The van der Waals surface area contributed by atoms with Crippen LogP contribution in [0.4, 0.5) is 17.6 Å². The van der Waals surface area contributed by atoms with Gasteiger partial charge in [-0.05, 0) is 80.8 Å². The number of hydrogen-bond donors (Lipinski definition) is 0. The predicted octanol–water partition coefficient (Wildman–Crippen LogP) is 8.20. The van der Waals surface area contributed by atoms with E-state index in [9.17, 15) is 17.6 Å². The van der Waals surface area contributed by atoms with Gasteiger partial charge in [-0.1, -0.05) is 45.1 Å². The molecule has 5 heteroatoms. The summed E-state index contributed by atoms with van der Waals surface area (Å²) in [5.41, 5.74) is -1.08. The summed E-state index contributed by atoms with van der Waals surface area (Å²) in [5, 5.41) is 0. The molecule has 0 spiro atoms. The fraction of sp³-hybridized carbons (Fsp3) is 0.760. The van der Waals surface area contributed by atoms with Gasteiger partial charge in [0, 0.05) is 0 Å². The number of benzene rings is 1. The van der Waals surface area contributed by atoms with Crippen molar-refractivity contribution in [2.75, 3.05) is 6.61 Å². The van der Waals surface area contributed by atoms with Crippen LogP contribution < -0.4 is 4.74 Å². The minimum absolute atomic E-state index is 0.0588. The van der Waals surface area contributed by atoms with E-state index in [1.165, 1.54) is 57.1 Å². The molecule has 2 fully saturated rings. The highest BCUT2D eigenvalue weighted by atomic mass is 19.4. The lowest BCUT2D eigenvalue weighted by atomic mass is 9.68. The average molecular weight is 429 g/mol. The number of alkyl halides is 3. The van der Waals surface area contributed by atoms with E-state index in [1.807, 2.05) is 0 Å². The van der Waals surface area contributed by atoms with Crippen LogP contribution in [0.1, 0.15) is 89.2 Å². The summed E-state index contributed by atoms with van der Waals surface area (Å²) in [6.07, 6.45) is 7.61. The Balaban J connectivity index is 1.55. The van der Waals surface area contributed by atoms with Crippen molar-refractivity contribution in [1.29, 1.82) is 0 Å². The van der Waals surface area contributed by atoms with Crippen molar-refractivity contribution in [3.05, 3.63) is 29.1 Å². The number of ether oxygens (including phenoxy) is 1. The molecular weight excluding hydrogens is 392 g/mol. The van der Waals surface area contributed by atoms with Gasteiger partial charge in [-0.15, -0.1) is 0 Å². The van der Waals surface area contributed by atoms with Crippen molar-refractivity contribution in [3.63, 3.8) is 0 Å². The van der Waals surface area contributed by atoms with E-state index >= 15 is 0 Å². The Labute approximate surface area is 178 Å². The highest BCUT2D eigenvalue weighted by Crippen LogP contribution is 2.43. The summed E-state index contributed by atoms with van der Waals surface area (Å²) >= 11 is 0. The predicted molar refractivity (Wildman–Crippen MR) is 112 cm³/mol. The van der Waals surface area contributed by atoms with E-state index in [2.05, 4.69) is 6.92 Å². The fourth-order valence-corrected chi connectivity index (χ4v) is 5.75. The lowest BCUT2D eigenvalue weighted by Gasteiger charge is -2.37. The minimum Gasteiger partial charge on any atom is -0.491 e. The second-order valence-corrected chi connectivity index (χ2v) is 9.35. The Kier molecular flexibility index (Phi) is 8.09. The average Bonchev–Trinajstić information content (AvgIpc) is 2.73. The molecule has 3 rings (SSSR count). The standard InChI is InChI=1S/C25H36F4O/c1-3-17-5-10-19(11-6-17)20-12-7-18(8-13-20)9-14-21-15-16-22(30-4-2)24(26)23(21)25(27,28)29/h15-20H,3-14H2,1-2H3. The molecule has 0 amide bonds. The van der Waals surface area contributed by atoms with Crippen molar-refractivity contribution in [1.82, 2.24) is 0 Å². The first kappa shape index (κ1) is 23.4. The maximum Gasteiger partial charge on any atom is 0.419 e. The van der Waals surface area contributed by atoms with Crippen LogP contribution in [0.15, 0.2) is 12.1 Å². The van der Waals surface area contributed by atoms with Crippen molar-refractivity contribution in [2.24, 2.45) is 23.7 Å². The van der Waals surface area contributed by atoms with Gasteiger partial charge in [0.1, 0.15) is 0 Å². The number of aryl methyl sites for hydroxylation is 1. The van der Waals surface area contributed by atoms with Gasteiger partial charge in [0.2, 0.25) is 0 Å². The van der Waals surface area contributed by atoms with Crippen LogP contribution in [-0.2, 0) is 12.6 Å². The molecule has 0 N–H and O–H groups in total. The Bertz CT molecular complexity index is 668. The summed E-state index contributed by atoms with van der Waals surface area (Å²) in [4.78, 5) is 0. The lowest BCUT2D eigenvalue weighted by molar-refractivity contribution is -0.140. The Morgan fingerprint density at radius 2 is 1.43 bits per heavy atom. The molecule has 0 heterocycles. The minimum atomic E-state index is -4.71. The summed E-state index contributed by atoms with van der Waals surface area (Å²) in [7, 11) is 0. The van der Waals surface area contributed by atoms with Gasteiger partial charge in [0.25, 0.3) is 0 Å². The number of hydrogen-bond acceptors (Lipinski definition) is 1. The molecule has 1 aromatic carbocycles. The van der Waals surface area contributed by atoms with Crippen LogP contribution in [0.5, 0.6) is 5.75 Å². The van der Waals surface area contributed by atoms with E-state index < -0.39 is 17.6 Å². The highest BCUT2D eigenvalue weighted by Gasteiger charge is 2.38. The molecule has 2 aliphatic rings. The Morgan fingerprint density at radius 1 is 0.867 bits per heavy atom. The van der Waals surface area contributed by atoms with Crippen molar-refractivity contribution < 1.29 is 22.3 Å². The molecule has 0 aliphatic heterocycles. The van der Waals surface area contributed by atoms with Crippen LogP contribution >= 0.6 is 0 Å². The van der Waals surface area contributed by atoms with Crippen LogP contribution in [0, 0.1) is 29.5 Å². The normalized spacial score (nSPS) is 27.8. The van der Waals surface area contributed by atoms with Gasteiger partial charge in [-0.3, -0.25) is 0 Å². The van der Waals surface area contributed by atoms with Crippen LogP contribution in [0.3, 0.4) is 0 Å². The highest BCUT2D eigenvalue weighted by molar-refractivity contribution is 5.39. The molecule has 0 radical (unpaired) electrons. The van der Waals surface area contributed by atoms with Gasteiger partial charge in [-0.25, -0.2) is 4.39 Å². The van der Waals surface area contributed by atoms with E-state index in [-0.39, 0.29) is 24.3 Å². The van der Waals surface area contributed by atoms with Crippen LogP contribution in [0.25, 0.3) is 0 Å². The molecule has 1 aromatic rings. The third-order valence-corrected chi connectivity index (χ3v) is 7.62. The van der Waals surface area contributed by atoms with Crippen molar-refractivity contribution >= 4 is 0 Å². The zero-order chi connectivity index (χ0) is 21.7. The molecule has 0 saturated heterocycles. The van der Waals surface area contributed by atoms with Crippen LogP contribution in [0.2, 0.25) is 0 Å². The summed E-state index contributed by atoms with van der Waals surface area (Å²) < 4.78 is 60.0. The van der Waals surface area contributed by atoms with Gasteiger partial charge in [-0.2, -0.15) is 13.2 Å².